The fourth-order valence-electron chi connectivity index (χ4n) is 4.01. The van der Waals surface area contributed by atoms with Gasteiger partial charge in [0, 0.05) is 16.5 Å². The van der Waals surface area contributed by atoms with Crippen molar-refractivity contribution in [1.82, 2.24) is 4.57 Å². The first-order chi connectivity index (χ1) is 16.7. The van der Waals surface area contributed by atoms with E-state index in [0.717, 1.165) is 5.56 Å². The monoisotopic (exact) mass is 441 g/mol. The number of carbonyl (C=O) groups excluding carboxylic acids is 1. The molecule has 0 atom stereocenters. The molecule has 0 saturated heterocycles. The highest BCUT2D eigenvalue weighted by Crippen LogP contribution is 2.35. The molecule has 0 bridgehead atoms. The molecule has 0 aliphatic carbocycles. The summed E-state index contributed by atoms with van der Waals surface area (Å²) in [4.78, 5) is 18.3. The zero-order valence-electron chi connectivity index (χ0n) is 18.1. The van der Waals surface area contributed by atoms with E-state index in [1.54, 1.807) is 54.6 Å². The lowest BCUT2D eigenvalue weighted by Crippen LogP contribution is -2.12. The molecule has 5 nitrogen and oxygen atoms in total. The number of aromatic nitrogens is 1. The highest BCUT2D eigenvalue weighted by atomic mass is 16.3. The number of aromatic hydroxyl groups is 1. The summed E-state index contributed by atoms with van der Waals surface area (Å²) in [5, 5.41) is 21.5. The Morgan fingerprint density at radius 1 is 0.794 bits per heavy atom. The fraction of sp³-hybridized carbons (Fsp3) is 0. The van der Waals surface area contributed by atoms with Crippen LogP contribution in [0.1, 0.15) is 27.0 Å². The molecule has 0 radical (unpaired) electrons. The van der Waals surface area contributed by atoms with Gasteiger partial charge in [-0.15, -0.1) is 0 Å². The Hall–Kier alpha value is -4.95. The Bertz CT molecular complexity index is 1580. The Morgan fingerprint density at radius 3 is 2.15 bits per heavy atom. The Morgan fingerprint density at radius 2 is 1.44 bits per heavy atom. The minimum absolute atomic E-state index is 0.186. The number of fused-ring (bicyclic) bond motifs is 1. The molecule has 34 heavy (non-hydrogen) atoms. The van der Waals surface area contributed by atoms with Gasteiger partial charge in [0.05, 0.1) is 34.1 Å². The van der Waals surface area contributed by atoms with E-state index in [1.807, 2.05) is 54.6 Å². The van der Waals surface area contributed by atoms with Crippen LogP contribution in [0.2, 0.25) is 0 Å². The first-order valence-electron chi connectivity index (χ1n) is 10.7. The number of para-hydroxylation sites is 1. The van der Waals surface area contributed by atoms with Gasteiger partial charge in [0.1, 0.15) is 0 Å². The largest absolute Gasteiger partial charge is 0.494 e. The van der Waals surface area contributed by atoms with Gasteiger partial charge < -0.3 is 5.11 Å². The number of nitriles is 1. The predicted molar refractivity (Wildman–Crippen MR) is 133 cm³/mol. The van der Waals surface area contributed by atoms with Crippen LogP contribution in [-0.2, 0) is 0 Å². The SMILES string of the molecule is N#Cc1cccc(N=C(c2ccccc2)c2c(O)n(C(=O)c3ccccc3)c3ccccc23)c1. The van der Waals surface area contributed by atoms with E-state index < -0.39 is 0 Å². The van der Waals surface area contributed by atoms with Crippen molar-refractivity contribution < 1.29 is 9.90 Å². The topological polar surface area (TPSA) is 78.4 Å². The molecule has 162 valence electrons. The molecule has 0 fully saturated rings. The van der Waals surface area contributed by atoms with Gasteiger partial charge in [-0.25, -0.2) is 9.56 Å². The minimum atomic E-state index is -0.334. The van der Waals surface area contributed by atoms with Crippen molar-refractivity contribution in [2.24, 2.45) is 4.99 Å². The van der Waals surface area contributed by atoms with Crippen LogP contribution in [0.5, 0.6) is 5.88 Å². The lowest BCUT2D eigenvalue weighted by Gasteiger charge is -2.09. The van der Waals surface area contributed by atoms with Crippen LogP contribution >= 0.6 is 0 Å². The van der Waals surface area contributed by atoms with Crippen LogP contribution in [0, 0.1) is 11.3 Å². The van der Waals surface area contributed by atoms with Gasteiger partial charge in [-0.2, -0.15) is 5.26 Å². The summed E-state index contributed by atoms with van der Waals surface area (Å²) in [5.74, 6) is -0.520. The average Bonchev–Trinajstić information content (AvgIpc) is 3.19. The second kappa shape index (κ2) is 8.89. The van der Waals surface area contributed by atoms with E-state index in [2.05, 4.69) is 6.07 Å². The van der Waals surface area contributed by atoms with E-state index in [4.69, 9.17) is 4.99 Å². The number of benzene rings is 4. The molecule has 1 heterocycles. The second-order valence-corrected chi connectivity index (χ2v) is 7.71. The van der Waals surface area contributed by atoms with E-state index in [0.29, 0.717) is 39.0 Å². The quantitative estimate of drug-likeness (QED) is 0.344. The third-order valence-electron chi connectivity index (χ3n) is 5.57. The molecule has 0 saturated carbocycles. The van der Waals surface area contributed by atoms with E-state index in [1.165, 1.54) is 4.57 Å². The molecular weight excluding hydrogens is 422 g/mol. The lowest BCUT2D eigenvalue weighted by atomic mass is 10.0. The van der Waals surface area contributed by atoms with Crippen LogP contribution in [0.4, 0.5) is 5.69 Å². The maximum Gasteiger partial charge on any atom is 0.265 e. The van der Waals surface area contributed by atoms with Crippen molar-refractivity contribution in [2.45, 2.75) is 0 Å². The van der Waals surface area contributed by atoms with Crippen LogP contribution in [0.25, 0.3) is 10.9 Å². The summed E-state index contributed by atoms with van der Waals surface area (Å²) >= 11 is 0. The van der Waals surface area contributed by atoms with Gasteiger partial charge in [0.25, 0.3) is 5.91 Å². The molecule has 4 aromatic carbocycles. The van der Waals surface area contributed by atoms with Crippen LogP contribution in [-0.4, -0.2) is 21.3 Å². The van der Waals surface area contributed by atoms with Gasteiger partial charge in [-0.3, -0.25) is 4.79 Å². The molecule has 0 aliphatic heterocycles. The minimum Gasteiger partial charge on any atom is -0.494 e. The maximum absolute atomic E-state index is 13.4. The molecule has 0 aliphatic rings. The van der Waals surface area contributed by atoms with Gasteiger partial charge in [0.2, 0.25) is 5.88 Å². The third kappa shape index (κ3) is 3.74. The zero-order chi connectivity index (χ0) is 23.5. The molecule has 5 rings (SSSR count). The molecule has 0 amide bonds. The van der Waals surface area contributed by atoms with Crippen molar-refractivity contribution in [3.8, 4) is 11.9 Å². The number of rotatable bonds is 4. The summed E-state index contributed by atoms with van der Waals surface area (Å²) < 4.78 is 1.32. The first kappa shape index (κ1) is 20.9. The summed E-state index contributed by atoms with van der Waals surface area (Å²) in [5.41, 5.74) is 3.83. The molecule has 1 N–H and O–H groups in total. The second-order valence-electron chi connectivity index (χ2n) is 7.71. The molecule has 5 heteroatoms. The summed E-state index contributed by atoms with van der Waals surface area (Å²) in [6.45, 7) is 0. The van der Waals surface area contributed by atoms with Crippen molar-refractivity contribution in [3.05, 3.63) is 131 Å². The van der Waals surface area contributed by atoms with Crippen LogP contribution in [0.15, 0.2) is 114 Å². The number of hydrogen-bond acceptors (Lipinski definition) is 4. The van der Waals surface area contributed by atoms with Gasteiger partial charge in [0.15, 0.2) is 0 Å². The summed E-state index contributed by atoms with van der Waals surface area (Å²) in [7, 11) is 0. The van der Waals surface area contributed by atoms with E-state index in [9.17, 15) is 15.2 Å². The molecule has 0 spiro atoms. The van der Waals surface area contributed by atoms with E-state index in [-0.39, 0.29) is 11.8 Å². The summed E-state index contributed by atoms with van der Waals surface area (Å²) in [6.07, 6.45) is 0. The van der Waals surface area contributed by atoms with Crippen molar-refractivity contribution in [2.75, 3.05) is 0 Å². The van der Waals surface area contributed by atoms with Crippen molar-refractivity contribution in [1.29, 1.82) is 5.26 Å². The first-order valence-corrected chi connectivity index (χ1v) is 10.7. The molecule has 5 aromatic rings. The average molecular weight is 441 g/mol. The normalized spacial score (nSPS) is 11.3. The Balaban J connectivity index is 1.80. The van der Waals surface area contributed by atoms with Crippen molar-refractivity contribution in [3.63, 3.8) is 0 Å². The smallest absolute Gasteiger partial charge is 0.265 e. The Labute approximate surface area is 196 Å². The van der Waals surface area contributed by atoms with Gasteiger partial charge >= 0.3 is 0 Å². The van der Waals surface area contributed by atoms with Crippen LogP contribution in [0.3, 0.4) is 0 Å². The molecule has 0 unspecified atom stereocenters. The number of hydrogen-bond donors (Lipinski definition) is 1. The Kier molecular flexibility index (Phi) is 5.47. The molecule has 1 aromatic heterocycles. The standard InChI is InChI=1S/C29H19N3O2/c30-19-20-10-9-15-23(18-20)31-27(21-11-3-1-4-12-21)26-24-16-7-8-17-25(24)32(29(26)34)28(33)22-13-5-2-6-14-22/h1-18,34H. The van der Waals surface area contributed by atoms with Gasteiger partial charge in [-0.05, 0) is 36.4 Å². The highest BCUT2D eigenvalue weighted by Gasteiger charge is 2.25. The highest BCUT2D eigenvalue weighted by molar-refractivity contribution is 6.23. The third-order valence-corrected chi connectivity index (χ3v) is 5.57. The zero-order valence-corrected chi connectivity index (χ0v) is 18.1. The van der Waals surface area contributed by atoms with Gasteiger partial charge in [-0.1, -0.05) is 72.8 Å². The maximum atomic E-state index is 13.4. The van der Waals surface area contributed by atoms with Crippen LogP contribution < -0.4 is 0 Å². The molecular formula is C29H19N3O2. The predicted octanol–water partition coefficient (Wildman–Crippen LogP) is 6.08. The number of aliphatic imine (C=N–C) groups is 1. The summed E-state index contributed by atoms with van der Waals surface area (Å²) in [6, 6.07) is 34.8. The van der Waals surface area contributed by atoms with Crippen molar-refractivity contribution >= 4 is 28.2 Å². The fourth-order valence-corrected chi connectivity index (χ4v) is 4.01. The lowest BCUT2D eigenvalue weighted by molar-refractivity contribution is 0.0956. The number of carbonyl (C=O) groups is 1. The number of nitrogens with zero attached hydrogens (tertiary/aromatic N) is 3. The van der Waals surface area contributed by atoms with E-state index >= 15 is 0 Å².